The summed E-state index contributed by atoms with van der Waals surface area (Å²) < 4.78 is 0. The maximum absolute atomic E-state index is 12.5. The van der Waals surface area contributed by atoms with Gasteiger partial charge in [-0.25, -0.2) is 0 Å². The van der Waals surface area contributed by atoms with Crippen LogP contribution in [0.5, 0.6) is 0 Å². The number of hydrogen-bond donors (Lipinski definition) is 1. The van der Waals surface area contributed by atoms with Gasteiger partial charge in [0.1, 0.15) is 0 Å². The van der Waals surface area contributed by atoms with Crippen molar-refractivity contribution in [2.75, 3.05) is 19.3 Å². The van der Waals surface area contributed by atoms with Gasteiger partial charge < -0.3 is 10.6 Å². The van der Waals surface area contributed by atoms with Gasteiger partial charge in [0, 0.05) is 18.0 Å². The van der Waals surface area contributed by atoms with E-state index in [0.29, 0.717) is 25.4 Å². The lowest BCUT2D eigenvalue weighted by molar-refractivity contribution is -0.135. The van der Waals surface area contributed by atoms with Crippen molar-refractivity contribution in [3.05, 3.63) is 29.8 Å². The summed E-state index contributed by atoms with van der Waals surface area (Å²) in [5.41, 5.74) is 6.45. The van der Waals surface area contributed by atoms with Crippen molar-refractivity contribution in [3.63, 3.8) is 0 Å². The van der Waals surface area contributed by atoms with Crippen LogP contribution in [0.25, 0.3) is 0 Å². The second kappa shape index (κ2) is 6.98. The molecule has 0 saturated carbocycles. The first kappa shape index (κ1) is 15.9. The van der Waals surface area contributed by atoms with E-state index in [9.17, 15) is 9.59 Å². The number of nitrogens with two attached hydrogens (primary N) is 1. The van der Waals surface area contributed by atoms with E-state index in [1.54, 1.807) is 16.7 Å². The number of carbonyl (C=O) groups is 2. The zero-order valence-corrected chi connectivity index (χ0v) is 13.4. The van der Waals surface area contributed by atoms with Gasteiger partial charge in [-0.2, -0.15) is 0 Å². The quantitative estimate of drug-likeness (QED) is 0.864. The average Bonchev–Trinajstić information content (AvgIpc) is 2.47. The fourth-order valence-electron chi connectivity index (χ4n) is 2.89. The van der Waals surface area contributed by atoms with Gasteiger partial charge in [0.2, 0.25) is 11.8 Å². The van der Waals surface area contributed by atoms with Gasteiger partial charge in [0.25, 0.3) is 0 Å². The zero-order valence-electron chi connectivity index (χ0n) is 12.5. The van der Waals surface area contributed by atoms with Crippen molar-refractivity contribution in [2.24, 2.45) is 17.6 Å². The molecule has 0 aromatic heterocycles. The molecule has 2 N–H and O–H groups in total. The molecule has 1 saturated heterocycles. The van der Waals surface area contributed by atoms with Gasteiger partial charge in [-0.1, -0.05) is 25.1 Å². The maximum Gasteiger partial charge on any atom is 0.227 e. The van der Waals surface area contributed by atoms with Crippen LogP contribution in [0.15, 0.2) is 29.2 Å². The van der Waals surface area contributed by atoms with Crippen molar-refractivity contribution >= 4 is 23.6 Å². The molecule has 2 atom stereocenters. The van der Waals surface area contributed by atoms with Crippen molar-refractivity contribution in [2.45, 2.75) is 24.7 Å². The molecule has 0 radical (unpaired) electrons. The molecule has 1 aromatic carbocycles. The summed E-state index contributed by atoms with van der Waals surface area (Å²) in [6, 6.07) is 7.94. The third kappa shape index (κ3) is 4.00. The van der Waals surface area contributed by atoms with E-state index in [-0.39, 0.29) is 17.7 Å². The summed E-state index contributed by atoms with van der Waals surface area (Å²) in [5, 5.41) is 0. The molecular weight excluding hydrogens is 284 g/mol. The predicted octanol–water partition coefficient (Wildman–Crippen LogP) is 1.92. The van der Waals surface area contributed by atoms with Crippen LogP contribution in [0, 0.1) is 11.8 Å². The smallest absolute Gasteiger partial charge is 0.227 e. The predicted molar refractivity (Wildman–Crippen MR) is 85.0 cm³/mol. The molecule has 1 aromatic rings. The lowest BCUT2D eigenvalue weighted by atomic mass is 9.89. The Kier molecular flexibility index (Phi) is 5.28. The fourth-order valence-corrected chi connectivity index (χ4v) is 3.50. The largest absolute Gasteiger partial charge is 0.369 e. The van der Waals surface area contributed by atoms with Crippen LogP contribution in [-0.4, -0.2) is 36.1 Å². The number of rotatable bonds is 4. The van der Waals surface area contributed by atoms with Gasteiger partial charge >= 0.3 is 0 Å². The monoisotopic (exact) mass is 306 g/mol. The molecule has 1 fully saturated rings. The first-order chi connectivity index (χ1) is 10.0. The number of thioether (sulfide) groups is 1. The molecule has 0 bridgehead atoms. The molecule has 1 heterocycles. The van der Waals surface area contributed by atoms with E-state index in [1.807, 2.05) is 30.5 Å². The summed E-state index contributed by atoms with van der Waals surface area (Å²) in [5.74, 6) is -0.123. The lowest BCUT2D eigenvalue weighted by Crippen LogP contribution is -2.47. The molecule has 2 rings (SSSR count). The van der Waals surface area contributed by atoms with Crippen LogP contribution >= 0.6 is 11.8 Å². The molecule has 1 aliphatic heterocycles. The van der Waals surface area contributed by atoms with Crippen molar-refractivity contribution < 1.29 is 9.59 Å². The Morgan fingerprint density at radius 2 is 2.05 bits per heavy atom. The van der Waals surface area contributed by atoms with Gasteiger partial charge in [-0.3, -0.25) is 9.59 Å². The molecule has 0 aliphatic carbocycles. The number of nitrogens with zero attached hydrogens (tertiary/aromatic N) is 1. The maximum atomic E-state index is 12.5. The minimum Gasteiger partial charge on any atom is -0.369 e. The van der Waals surface area contributed by atoms with Crippen LogP contribution < -0.4 is 5.73 Å². The van der Waals surface area contributed by atoms with E-state index in [1.165, 1.54) is 0 Å². The average molecular weight is 306 g/mol. The zero-order chi connectivity index (χ0) is 15.4. The molecule has 0 spiro atoms. The number of amides is 2. The third-order valence-corrected chi connectivity index (χ3v) is 4.79. The normalized spacial score (nSPS) is 22.1. The molecular formula is C16H22N2O2S. The highest BCUT2D eigenvalue weighted by Gasteiger charge is 2.30. The SMILES string of the molecule is CSc1ccccc1CC(=O)N1C[C@H](C)C[C@H](C(N)=O)C1. The number of piperidine rings is 1. The first-order valence-electron chi connectivity index (χ1n) is 7.20. The Morgan fingerprint density at radius 1 is 1.33 bits per heavy atom. The molecule has 0 unspecified atom stereocenters. The molecule has 4 nitrogen and oxygen atoms in total. The number of hydrogen-bond acceptors (Lipinski definition) is 3. The Morgan fingerprint density at radius 3 is 2.71 bits per heavy atom. The van der Waals surface area contributed by atoms with Gasteiger partial charge in [-0.05, 0) is 30.2 Å². The van der Waals surface area contributed by atoms with Gasteiger partial charge in [0.05, 0.1) is 12.3 Å². The topological polar surface area (TPSA) is 63.4 Å². The van der Waals surface area contributed by atoms with Crippen LogP contribution in [-0.2, 0) is 16.0 Å². The Hall–Kier alpha value is -1.49. The molecule has 1 aliphatic rings. The van der Waals surface area contributed by atoms with Crippen molar-refractivity contribution in [1.29, 1.82) is 0 Å². The van der Waals surface area contributed by atoms with E-state index in [2.05, 4.69) is 6.92 Å². The number of likely N-dealkylation sites (tertiary alicyclic amines) is 1. The Labute approximate surface area is 130 Å². The van der Waals surface area contributed by atoms with Crippen LogP contribution in [0.1, 0.15) is 18.9 Å². The Balaban J connectivity index is 2.07. The number of primary amides is 1. The summed E-state index contributed by atoms with van der Waals surface area (Å²) in [6.07, 6.45) is 3.17. The summed E-state index contributed by atoms with van der Waals surface area (Å²) in [7, 11) is 0. The van der Waals surface area contributed by atoms with E-state index < -0.39 is 0 Å². The molecule has 2 amide bonds. The second-order valence-corrected chi connectivity index (χ2v) is 6.58. The van der Waals surface area contributed by atoms with E-state index in [0.717, 1.165) is 16.9 Å². The van der Waals surface area contributed by atoms with Crippen LogP contribution in [0.3, 0.4) is 0 Å². The molecule has 5 heteroatoms. The van der Waals surface area contributed by atoms with E-state index in [4.69, 9.17) is 5.73 Å². The Bertz CT molecular complexity index is 533. The van der Waals surface area contributed by atoms with Crippen LogP contribution in [0.4, 0.5) is 0 Å². The van der Waals surface area contributed by atoms with Crippen molar-refractivity contribution in [3.8, 4) is 0 Å². The minimum absolute atomic E-state index is 0.0781. The van der Waals surface area contributed by atoms with Gasteiger partial charge in [-0.15, -0.1) is 11.8 Å². The van der Waals surface area contributed by atoms with Crippen LogP contribution in [0.2, 0.25) is 0 Å². The number of benzene rings is 1. The minimum atomic E-state index is -0.302. The van der Waals surface area contributed by atoms with Crippen molar-refractivity contribution in [1.82, 2.24) is 4.90 Å². The fraction of sp³-hybridized carbons (Fsp3) is 0.500. The third-order valence-electron chi connectivity index (χ3n) is 3.95. The molecule has 21 heavy (non-hydrogen) atoms. The second-order valence-electron chi connectivity index (χ2n) is 5.73. The highest BCUT2D eigenvalue weighted by Crippen LogP contribution is 2.24. The molecule has 114 valence electrons. The first-order valence-corrected chi connectivity index (χ1v) is 8.42. The summed E-state index contributed by atoms with van der Waals surface area (Å²) in [6.45, 7) is 3.23. The van der Waals surface area contributed by atoms with E-state index >= 15 is 0 Å². The standard InChI is InChI=1S/C16H22N2O2S/c1-11-7-13(16(17)20)10-18(9-11)15(19)8-12-5-3-4-6-14(12)21-2/h3-6,11,13H,7-10H2,1-2H3,(H2,17,20)/t11-,13+/m1/s1. The van der Waals surface area contributed by atoms with Gasteiger partial charge in [0.15, 0.2) is 0 Å². The number of carbonyl (C=O) groups excluding carboxylic acids is 2. The highest BCUT2D eigenvalue weighted by atomic mass is 32.2. The summed E-state index contributed by atoms with van der Waals surface area (Å²) >= 11 is 1.65. The highest BCUT2D eigenvalue weighted by molar-refractivity contribution is 7.98. The lowest BCUT2D eigenvalue weighted by Gasteiger charge is -2.35. The summed E-state index contributed by atoms with van der Waals surface area (Å²) in [4.78, 5) is 26.8.